The Kier molecular flexibility index (Phi) is 5.20. The Balaban J connectivity index is 2.18. The molecule has 1 saturated carbocycles. The van der Waals surface area contributed by atoms with Crippen molar-refractivity contribution in [2.45, 2.75) is 31.5 Å². The largest absolute Gasteiger partial charge is 0.411 e. The van der Waals surface area contributed by atoms with Crippen LogP contribution in [0.3, 0.4) is 0 Å². The van der Waals surface area contributed by atoms with Crippen molar-refractivity contribution >= 4 is 5.91 Å². The third-order valence-corrected chi connectivity index (χ3v) is 2.48. The number of halogens is 3. The Bertz CT molecular complexity index is 254. The van der Waals surface area contributed by atoms with Gasteiger partial charge in [-0.1, -0.05) is 0 Å². The minimum absolute atomic E-state index is 0.0507. The molecule has 17 heavy (non-hydrogen) atoms. The number of aliphatic hydroxyl groups excluding tert-OH is 1. The van der Waals surface area contributed by atoms with Crippen LogP contribution in [0.5, 0.6) is 0 Å². The molecule has 0 radical (unpaired) electrons. The minimum atomic E-state index is -4.42. The topological polar surface area (TPSA) is 58.6 Å². The number of nitrogens with one attached hydrogen (secondary N) is 1. The van der Waals surface area contributed by atoms with Crippen LogP contribution in [0.25, 0.3) is 0 Å². The number of carbonyl (C=O) groups is 1. The van der Waals surface area contributed by atoms with E-state index in [4.69, 9.17) is 5.11 Å². The van der Waals surface area contributed by atoms with Crippen LogP contribution in [0, 0.1) is 5.92 Å². The SMILES string of the molecule is O=C(COCC(F)(F)F)NC(CCO)C1CC1. The lowest BCUT2D eigenvalue weighted by atomic mass is 10.1. The first-order valence-corrected chi connectivity index (χ1v) is 5.47. The molecule has 0 aromatic heterocycles. The molecule has 4 nitrogen and oxygen atoms in total. The number of aliphatic hydroxyl groups is 1. The molecule has 0 bridgehead atoms. The summed E-state index contributed by atoms with van der Waals surface area (Å²) < 4.78 is 39.5. The predicted molar refractivity (Wildman–Crippen MR) is 53.2 cm³/mol. The molecular formula is C10H16F3NO3. The zero-order valence-corrected chi connectivity index (χ0v) is 9.29. The number of hydrogen-bond donors (Lipinski definition) is 2. The zero-order chi connectivity index (χ0) is 12.9. The van der Waals surface area contributed by atoms with Gasteiger partial charge in [0.05, 0.1) is 0 Å². The fraction of sp³-hybridized carbons (Fsp3) is 0.900. The van der Waals surface area contributed by atoms with Gasteiger partial charge in [-0.15, -0.1) is 0 Å². The summed E-state index contributed by atoms with van der Waals surface area (Å²) in [5, 5.41) is 11.4. The van der Waals surface area contributed by atoms with E-state index in [1.807, 2.05) is 0 Å². The van der Waals surface area contributed by atoms with Gasteiger partial charge in [0.25, 0.3) is 0 Å². The van der Waals surface area contributed by atoms with Crippen molar-refractivity contribution in [2.24, 2.45) is 5.92 Å². The fourth-order valence-corrected chi connectivity index (χ4v) is 1.57. The van der Waals surface area contributed by atoms with Gasteiger partial charge in [0.2, 0.25) is 5.91 Å². The van der Waals surface area contributed by atoms with Crippen LogP contribution in [-0.2, 0) is 9.53 Å². The highest BCUT2D eigenvalue weighted by Gasteiger charge is 2.32. The normalized spacial score (nSPS) is 17.9. The van der Waals surface area contributed by atoms with Crippen LogP contribution >= 0.6 is 0 Å². The van der Waals surface area contributed by atoms with Crippen LogP contribution in [0.15, 0.2) is 0 Å². The number of carbonyl (C=O) groups excluding carboxylic acids is 1. The fourth-order valence-electron chi connectivity index (χ4n) is 1.57. The average Bonchev–Trinajstić information content (AvgIpc) is 2.98. The number of alkyl halides is 3. The van der Waals surface area contributed by atoms with Crippen molar-refractivity contribution in [1.82, 2.24) is 5.32 Å². The monoisotopic (exact) mass is 255 g/mol. The molecular weight excluding hydrogens is 239 g/mol. The van der Waals surface area contributed by atoms with Crippen LogP contribution < -0.4 is 5.32 Å². The molecule has 1 amide bonds. The van der Waals surface area contributed by atoms with Crippen LogP contribution in [0.4, 0.5) is 13.2 Å². The molecule has 0 aromatic rings. The second kappa shape index (κ2) is 6.20. The summed E-state index contributed by atoms with van der Waals surface area (Å²) in [6, 6.07) is -0.151. The van der Waals surface area contributed by atoms with Gasteiger partial charge in [-0.2, -0.15) is 13.2 Å². The maximum Gasteiger partial charge on any atom is 0.411 e. The molecule has 7 heteroatoms. The van der Waals surface area contributed by atoms with Gasteiger partial charge in [-0.05, 0) is 25.2 Å². The second-order valence-corrected chi connectivity index (χ2v) is 4.13. The van der Waals surface area contributed by atoms with Crippen LogP contribution in [0.2, 0.25) is 0 Å². The van der Waals surface area contributed by atoms with E-state index in [-0.39, 0.29) is 12.6 Å². The molecule has 1 fully saturated rings. The Labute approximate surface area is 97.1 Å². The average molecular weight is 255 g/mol. The van der Waals surface area contributed by atoms with Gasteiger partial charge >= 0.3 is 6.18 Å². The van der Waals surface area contributed by atoms with Crippen molar-refractivity contribution in [3.63, 3.8) is 0 Å². The van der Waals surface area contributed by atoms with Gasteiger partial charge in [0.1, 0.15) is 13.2 Å². The lowest BCUT2D eigenvalue weighted by molar-refractivity contribution is -0.175. The molecule has 0 aromatic carbocycles. The number of hydrogen-bond acceptors (Lipinski definition) is 3. The quantitative estimate of drug-likeness (QED) is 0.709. The first-order chi connectivity index (χ1) is 7.92. The van der Waals surface area contributed by atoms with E-state index in [0.717, 1.165) is 12.8 Å². The van der Waals surface area contributed by atoms with Gasteiger partial charge in [-0.25, -0.2) is 0 Å². The van der Waals surface area contributed by atoms with E-state index in [1.165, 1.54) is 0 Å². The maximum atomic E-state index is 11.7. The highest BCUT2D eigenvalue weighted by molar-refractivity contribution is 5.77. The third-order valence-electron chi connectivity index (χ3n) is 2.48. The van der Waals surface area contributed by atoms with Crippen molar-refractivity contribution in [1.29, 1.82) is 0 Å². The predicted octanol–water partition coefficient (Wildman–Crippen LogP) is 0.843. The van der Waals surface area contributed by atoms with E-state index in [1.54, 1.807) is 0 Å². The lowest BCUT2D eigenvalue weighted by Crippen LogP contribution is -2.39. The van der Waals surface area contributed by atoms with Crippen LogP contribution in [-0.4, -0.2) is 43.1 Å². The Morgan fingerprint density at radius 2 is 2.12 bits per heavy atom. The molecule has 0 aliphatic heterocycles. The molecule has 1 unspecified atom stereocenters. The Hall–Kier alpha value is -0.820. The van der Waals surface area contributed by atoms with Crippen molar-refractivity contribution in [3.05, 3.63) is 0 Å². The van der Waals surface area contributed by atoms with E-state index >= 15 is 0 Å². The van der Waals surface area contributed by atoms with Gasteiger partial charge < -0.3 is 15.2 Å². The summed E-state index contributed by atoms with van der Waals surface area (Å²) in [4.78, 5) is 11.3. The zero-order valence-electron chi connectivity index (χ0n) is 9.29. The first kappa shape index (κ1) is 14.2. The highest BCUT2D eigenvalue weighted by Crippen LogP contribution is 2.33. The molecule has 0 heterocycles. The smallest absolute Gasteiger partial charge is 0.396 e. The standard InChI is InChI=1S/C10H16F3NO3/c11-10(12,13)6-17-5-9(16)14-8(3-4-15)7-1-2-7/h7-8,15H,1-6H2,(H,14,16). The molecule has 2 N–H and O–H groups in total. The second-order valence-electron chi connectivity index (χ2n) is 4.13. The molecule has 1 aliphatic rings. The number of rotatable bonds is 7. The van der Waals surface area contributed by atoms with Gasteiger partial charge in [0.15, 0.2) is 0 Å². The molecule has 1 atom stereocenters. The Morgan fingerprint density at radius 1 is 1.47 bits per heavy atom. The molecule has 0 saturated heterocycles. The summed E-state index contributed by atoms with van der Waals surface area (Å²) in [6.45, 7) is -2.08. The summed E-state index contributed by atoms with van der Waals surface area (Å²) >= 11 is 0. The lowest BCUT2D eigenvalue weighted by Gasteiger charge is -2.17. The first-order valence-electron chi connectivity index (χ1n) is 5.47. The van der Waals surface area contributed by atoms with Crippen molar-refractivity contribution < 1.29 is 27.8 Å². The maximum absolute atomic E-state index is 11.7. The van der Waals surface area contributed by atoms with Crippen molar-refractivity contribution in [3.8, 4) is 0 Å². The number of amides is 1. The minimum Gasteiger partial charge on any atom is -0.396 e. The van der Waals surface area contributed by atoms with Crippen molar-refractivity contribution in [2.75, 3.05) is 19.8 Å². The molecule has 0 spiro atoms. The Morgan fingerprint density at radius 3 is 2.59 bits per heavy atom. The molecule has 1 aliphatic carbocycles. The van der Waals surface area contributed by atoms with E-state index in [0.29, 0.717) is 12.3 Å². The van der Waals surface area contributed by atoms with Crippen LogP contribution in [0.1, 0.15) is 19.3 Å². The van der Waals surface area contributed by atoms with E-state index in [2.05, 4.69) is 10.1 Å². The summed E-state index contributed by atoms with van der Waals surface area (Å²) in [7, 11) is 0. The van der Waals surface area contributed by atoms with E-state index < -0.39 is 25.3 Å². The highest BCUT2D eigenvalue weighted by atomic mass is 19.4. The molecule has 1 rings (SSSR count). The van der Waals surface area contributed by atoms with Gasteiger partial charge in [0, 0.05) is 12.6 Å². The summed E-state index contributed by atoms with van der Waals surface area (Å²) in [5.41, 5.74) is 0. The van der Waals surface area contributed by atoms with Gasteiger partial charge in [-0.3, -0.25) is 4.79 Å². The molecule has 100 valence electrons. The third kappa shape index (κ3) is 6.48. The summed E-state index contributed by atoms with van der Waals surface area (Å²) in [5.74, 6) is -0.228. The number of ether oxygens (including phenoxy) is 1. The summed E-state index contributed by atoms with van der Waals surface area (Å²) in [6.07, 6.45) is -2.03. The van der Waals surface area contributed by atoms with E-state index in [9.17, 15) is 18.0 Å².